The van der Waals surface area contributed by atoms with Crippen molar-refractivity contribution in [3.05, 3.63) is 94.6 Å². The third kappa shape index (κ3) is 5.13. The van der Waals surface area contributed by atoms with E-state index in [1.54, 1.807) is 31.4 Å². The molecule has 0 aliphatic rings. The van der Waals surface area contributed by atoms with Crippen LogP contribution < -0.4 is 4.74 Å². The quantitative estimate of drug-likeness (QED) is 0.220. The Bertz CT molecular complexity index is 1190. The minimum absolute atomic E-state index is 0.0123. The van der Waals surface area contributed by atoms with Crippen LogP contribution in [0.1, 0.15) is 10.4 Å². The average Bonchev–Trinajstić information content (AvgIpc) is 3.22. The van der Waals surface area contributed by atoms with E-state index < -0.39 is 0 Å². The van der Waals surface area contributed by atoms with Crippen molar-refractivity contribution in [1.82, 2.24) is 9.55 Å². The highest BCUT2D eigenvalue weighted by Crippen LogP contribution is 2.29. The van der Waals surface area contributed by atoms with E-state index in [2.05, 4.69) is 0 Å². The van der Waals surface area contributed by atoms with Crippen molar-refractivity contribution in [1.29, 1.82) is 0 Å². The molecule has 0 atom stereocenters. The Morgan fingerprint density at radius 2 is 1.55 bits per heavy atom. The lowest BCUT2D eigenvalue weighted by Gasteiger charge is -2.07. The molecule has 0 amide bonds. The number of nitrogens with zero attached hydrogens (tertiary/aromatic N) is 2. The maximum atomic E-state index is 12.6. The highest BCUT2D eigenvalue weighted by molar-refractivity contribution is 7.99. The summed E-state index contributed by atoms with van der Waals surface area (Å²) in [6, 6.07) is 22.1. The zero-order chi connectivity index (χ0) is 21.8. The number of thioether (sulfide) groups is 1. The number of benzene rings is 3. The molecule has 0 aliphatic heterocycles. The van der Waals surface area contributed by atoms with Gasteiger partial charge in [0.25, 0.3) is 0 Å². The molecule has 0 N–H and O–H groups in total. The van der Waals surface area contributed by atoms with Crippen molar-refractivity contribution in [3.8, 4) is 22.7 Å². The Labute approximate surface area is 194 Å². The lowest BCUT2D eigenvalue weighted by molar-refractivity contribution is 0.102. The number of rotatable bonds is 7. The summed E-state index contributed by atoms with van der Waals surface area (Å²) in [5.74, 6) is 1.05. The van der Waals surface area contributed by atoms with E-state index in [4.69, 9.17) is 32.9 Å². The van der Waals surface area contributed by atoms with E-state index in [0.29, 0.717) is 15.6 Å². The zero-order valence-corrected chi connectivity index (χ0v) is 18.9. The fraction of sp³-hybridized carbons (Fsp3) is 0.0833. The number of carbonyl (C=O) groups excluding carboxylic acids is 1. The topological polar surface area (TPSA) is 44.1 Å². The fourth-order valence-electron chi connectivity index (χ4n) is 3.00. The summed E-state index contributed by atoms with van der Waals surface area (Å²) < 4.78 is 7.21. The van der Waals surface area contributed by atoms with Crippen LogP contribution in [0.3, 0.4) is 0 Å². The number of carbonyl (C=O) groups is 1. The lowest BCUT2D eigenvalue weighted by atomic mass is 10.1. The van der Waals surface area contributed by atoms with Gasteiger partial charge in [-0.15, -0.1) is 0 Å². The third-order valence-electron chi connectivity index (χ3n) is 4.66. The molecule has 0 saturated heterocycles. The third-order valence-corrected chi connectivity index (χ3v) is 6.12. The predicted octanol–water partition coefficient (Wildman–Crippen LogP) is 6.83. The summed E-state index contributed by atoms with van der Waals surface area (Å²) in [6.45, 7) is 0. The van der Waals surface area contributed by atoms with Crippen molar-refractivity contribution in [2.45, 2.75) is 5.16 Å². The van der Waals surface area contributed by atoms with Crippen molar-refractivity contribution in [2.24, 2.45) is 0 Å². The molecule has 156 valence electrons. The lowest BCUT2D eigenvalue weighted by Crippen LogP contribution is -2.04. The van der Waals surface area contributed by atoms with Gasteiger partial charge in [0.15, 0.2) is 10.9 Å². The summed E-state index contributed by atoms with van der Waals surface area (Å²) in [7, 11) is 1.64. The van der Waals surface area contributed by atoms with Crippen molar-refractivity contribution >= 4 is 40.7 Å². The Balaban J connectivity index is 1.63. The van der Waals surface area contributed by atoms with Crippen LogP contribution in [0.15, 0.2) is 84.1 Å². The standard InChI is InChI=1S/C24H18Cl2N2O2S/c1-30-21-12-4-16(5-13-21)22-14-28(20-10-8-19(26)9-11-20)24(27-22)31-15-23(29)17-2-6-18(25)7-3-17/h2-14H,15H2,1H3. The Hall–Kier alpha value is -2.73. The Morgan fingerprint density at radius 3 is 2.16 bits per heavy atom. The normalized spacial score (nSPS) is 10.8. The van der Waals surface area contributed by atoms with E-state index in [0.717, 1.165) is 27.9 Å². The molecule has 0 unspecified atom stereocenters. The van der Waals surface area contributed by atoms with E-state index in [9.17, 15) is 4.79 Å². The van der Waals surface area contributed by atoms with Gasteiger partial charge >= 0.3 is 0 Å². The highest BCUT2D eigenvalue weighted by Gasteiger charge is 2.15. The Kier molecular flexibility index (Phi) is 6.66. The largest absolute Gasteiger partial charge is 0.497 e. The van der Waals surface area contributed by atoms with Gasteiger partial charge in [0, 0.05) is 33.1 Å². The molecule has 4 rings (SSSR count). The van der Waals surface area contributed by atoms with Crippen LogP contribution in [-0.4, -0.2) is 28.2 Å². The van der Waals surface area contributed by atoms with E-state index in [1.165, 1.54) is 11.8 Å². The molecule has 0 fully saturated rings. The molecule has 4 nitrogen and oxygen atoms in total. The second kappa shape index (κ2) is 9.60. The molecule has 7 heteroatoms. The van der Waals surface area contributed by atoms with Crippen LogP contribution in [0.4, 0.5) is 0 Å². The summed E-state index contributed by atoms with van der Waals surface area (Å²) in [6.07, 6.45) is 1.96. The van der Waals surface area contributed by atoms with Crippen molar-refractivity contribution in [2.75, 3.05) is 12.9 Å². The molecule has 3 aromatic carbocycles. The SMILES string of the molecule is COc1ccc(-c2cn(-c3ccc(Cl)cc3)c(SCC(=O)c3ccc(Cl)cc3)n2)cc1. The maximum Gasteiger partial charge on any atom is 0.173 e. The molecular formula is C24H18Cl2N2O2S. The molecule has 31 heavy (non-hydrogen) atoms. The fourth-order valence-corrected chi connectivity index (χ4v) is 4.14. The van der Waals surface area contributed by atoms with E-state index >= 15 is 0 Å². The predicted molar refractivity (Wildman–Crippen MR) is 127 cm³/mol. The van der Waals surface area contributed by atoms with Crippen molar-refractivity contribution < 1.29 is 9.53 Å². The summed E-state index contributed by atoms with van der Waals surface area (Å²) in [4.78, 5) is 17.4. The minimum atomic E-state index is 0.0123. The number of aromatic nitrogens is 2. The van der Waals surface area contributed by atoms with Gasteiger partial charge in [0.1, 0.15) is 5.75 Å². The average molecular weight is 469 g/mol. The van der Waals surface area contributed by atoms with Gasteiger partial charge in [-0.1, -0.05) is 35.0 Å². The minimum Gasteiger partial charge on any atom is -0.497 e. The number of imidazole rings is 1. The van der Waals surface area contributed by atoms with Gasteiger partial charge < -0.3 is 4.74 Å². The van der Waals surface area contributed by atoms with Crippen LogP contribution >= 0.6 is 35.0 Å². The van der Waals surface area contributed by atoms with Gasteiger partial charge in [-0.25, -0.2) is 4.98 Å². The van der Waals surface area contributed by atoms with Crippen LogP contribution in [-0.2, 0) is 0 Å². The van der Waals surface area contributed by atoms with E-state index in [-0.39, 0.29) is 11.5 Å². The first-order valence-corrected chi connectivity index (χ1v) is 11.2. The number of hydrogen-bond donors (Lipinski definition) is 0. The first kappa shape index (κ1) is 21.5. The molecular weight excluding hydrogens is 451 g/mol. The number of halogens is 2. The number of methoxy groups -OCH3 is 1. The van der Waals surface area contributed by atoms with Gasteiger partial charge in [0.2, 0.25) is 0 Å². The molecule has 0 radical (unpaired) electrons. The summed E-state index contributed by atoms with van der Waals surface area (Å²) >= 11 is 13.4. The second-order valence-electron chi connectivity index (χ2n) is 6.70. The molecule has 0 spiro atoms. The first-order chi connectivity index (χ1) is 15.0. The first-order valence-electron chi connectivity index (χ1n) is 9.45. The van der Waals surface area contributed by atoms with Gasteiger partial charge in [-0.2, -0.15) is 0 Å². The number of Topliss-reactive ketones (excluding diaryl/α,β-unsaturated/α-hetero) is 1. The number of ketones is 1. The van der Waals surface area contributed by atoms with E-state index in [1.807, 2.05) is 59.3 Å². The van der Waals surface area contributed by atoms with Crippen LogP contribution in [0.5, 0.6) is 5.75 Å². The molecule has 0 aliphatic carbocycles. The van der Waals surface area contributed by atoms with Crippen LogP contribution in [0.25, 0.3) is 16.9 Å². The summed E-state index contributed by atoms with van der Waals surface area (Å²) in [5, 5.41) is 1.98. The second-order valence-corrected chi connectivity index (χ2v) is 8.52. The molecule has 1 aromatic heterocycles. The van der Waals surface area contributed by atoms with Gasteiger partial charge in [-0.05, 0) is 72.8 Å². The molecule has 0 bridgehead atoms. The zero-order valence-electron chi connectivity index (χ0n) is 16.6. The highest BCUT2D eigenvalue weighted by atomic mass is 35.5. The maximum absolute atomic E-state index is 12.6. The monoisotopic (exact) mass is 468 g/mol. The molecule has 0 saturated carbocycles. The van der Waals surface area contributed by atoms with Crippen LogP contribution in [0.2, 0.25) is 10.0 Å². The Morgan fingerprint density at radius 1 is 0.935 bits per heavy atom. The van der Waals surface area contributed by atoms with Gasteiger partial charge in [0.05, 0.1) is 18.6 Å². The molecule has 1 heterocycles. The summed E-state index contributed by atoms with van der Waals surface area (Å²) in [5.41, 5.74) is 3.30. The van der Waals surface area contributed by atoms with Crippen molar-refractivity contribution in [3.63, 3.8) is 0 Å². The molecule has 4 aromatic rings. The van der Waals surface area contributed by atoms with Crippen LogP contribution in [0, 0.1) is 0 Å². The number of ether oxygens (including phenoxy) is 1. The smallest absolute Gasteiger partial charge is 0.173 e. The van der Waals surface area contributed by atoms with Gasteiger partial charge in [-0.3, -0.25) is 9.36 Å². The number of hydrogen-bond acceptors (Lipinski definition) is 4.